The number of benzene rings is 1. The topological polar surface area (TPSA) is 160 Å². The highest BCUT2D eigenvalue weighted by atomic mass is 32.2. The molecule has 0 radical (unpaired) electrons. The first kappa shape index (κ1) is 23.1. The highest BCUT2D eigenvalue weighted by molar-refractivity contribution is 7.90. The molecule has 0 atom stereocenters. The molecule has 1 aliphatic rings. The van der Waals surface area contributed by atoms with Crippen LogP contribution in [0.2, 0.25) is 0 Å². The van der Waals surface area contributed by atoms with Gasteiger partial charge in [0.1, 0.15) is 5.56 Å². The molecule has 32 heavy (non-hydrogen) atoms. The lowest BCUT2D eigenvalue weighted by atomic mass is 9.85. The molecule has 0 aliphatic carbocycles. The maximum absolute atomic E-state index is 12.1. The smallest absolute Gasteiger partial charge is 0.409 e. The van der Waals surface area contributed by atoms with Crippen molar-refractivity contribution in [3.8, 4) is 6.07 Å². The van der Waals surface area contributed by atoms with Gasteiger partial charge < -0.3 is 20.7 Å². The SMILES string of the molecule is COC(=O)N1CCC(CC#N)(n2cc(C(N)=O)c(Nc3ccc(S(C)(=O)=O)cc3)n2)CC1. The fraction of sp³-hybridized carbons (Fsp3) is 0.400. The maximum Gasteiger partial charge on any atom is 0.409 e. The van der Waals surface area contributed by atoms with Crippen LogP contribution < -0.4 is 11.1 Å². The Hall–Kier alpha value is -3.59. The van der Waals surface area contributed by atoms with Crippen LogP contribution in [0.4, 0.5) is 16.3 Å². The van der Waals surface area contributed by atoms with E-state index in [2.05, 4.69) is 16.5 Å². The summed E-state index contributed by atoms with van der Waals surface area (Å²) in [6.07, 6.45) is 3.19. The molecule has 12 heteroatoms. The van der Waals surface area contributed by atoms with Crippen LogP contribution in [0.25, 0.3) is 0 Å². The van der Waals surface area contributed by atoms with Crippen molar-refractivity contribution in [1.29, 1.82) is 5.26 Å². The highest BCUT2D eigenvalue weighted by Crippen LogP contribution is 2.35. The molecule has 170 valence electrons. The van der Waals surface area contributed by atoms with Gasteiger partial charge in [-0.2, -0.15) is 10.4 Å². The fourth-order valence-corrected chi connectivity index (χ4v) is 4.31. The third kappa shape index (κ3) is 4.67. The van der Waals surface area contributed by atoms with Crippen molar-refractivity contribution >= 4 is 33.3 Å². The number of nitrogens with two attached hydrogens (primary N) is 1. The number of hydrogen-bond donors (Lipinski definition) is 2. The van der Waals surface area contributed by atoms with E-state index in [0.29, 0.717) is 31.6 Å². The second-order valence-corrected chi connectivity index (χ2v) is 9.65. The summed E-state index contributed by atoms with van der Waals surface area (Å²) in [6, 6.07) is 8.17. The number of hydrogen-bond acceptors (Lipinski definition) is 8. The molecule has 1 aliphatic heterocycles. The minimum atomic E-state index is -3.34. The van der Waals surface area contributed by atoms with Gasteiger partial charge in [-0.3, -0.25) is 9.48 Å². The zero-order valence-electron chi connectivity index (χ0n) is 17.7. The van der Waals surface area contributed by atoms with Gasteiger partial charge in [-0.1, -0.05) is 0 Å². The second kappa shape index (κ2) is 8.88. The Morgan fingerprint density at radius 1 is 1.28 bits per heavy atom. The van der Waals surface area contributed by atoms with E-state index in [-0.39, 0.29) is 22.7 Å². The zero-order chi connectivity index (χ0) is 23.5. The molecule has 3 N–H and O–H groups in total. The van der Waals surface area contributed by atoms with Crippen LogP contribution in [0.5, 0.6) is 0 Å². The Balaban J connectivity index is 1.91. The number of carbonyl (C=O) groups is 2. The van der Waals surface area contributed by atoms with Crippen molar-refractivity contribution in [3.05, 3.63) is 36.0 Å². The summed E-state index contributed by atoms with van der Waals surface area (Å²) in [4.78, 5) is 25.6. The van der Waals surface area contributed by atoms with Crippen molar-refractivity contribution in [2.45, 2.75) is 29.7 Å². The molecule has 0 unspecified atom stereocenters. The molecular formula is C20H24N6O5S. The lowest BCUT2D eigenvalue weighted by Crippen LogP contribution is -2.48. The molecule has 1 aromatic heterocycles. The Labute approximate surface area is 185 Å². The third-order valence-electron chi connectivity index (χ3n) is 5.55. The van der Waals surface area contributed by atoms with Crippen molar-refractivity contribution in [2.24, 2.45) is 5.73 Å². The number of nitriles is 1. The van der Waals surface area contributed by atoms with E-state index in [9.17, 15) is 23.3 Å². The summed E-state index contributed by atoms with van der Waals surface area (Å²) in [7, 11) is -2.03. The quantitative estimate of drug-likeness (QED) is 0.657. The molecule has 3 rings (SSSR count). The Morgan fingerprint density at radius 2 is 1.91 bits per heavy atom. The number of likely N-dealkylation sites (tertiary alicyclic amines) is 1. The number of nitrogens with zero attached hydrogens (tertiary/aromatic N) is 4. The number of piperidine rings is 1. The Kier molecular flexibility index (Phi) is 6.40. The monoisotopic (exact) mass is 460 g/mol. The fourth-order valence-electron chi connectivity index (χ4n) is 3.68. The first-order chi connectivity index (χ1) is 15.1. The van der Waals surface area contributed by atoms with E-state index < -0.39 is 27.4 Å². The predicted octanol–water partition coefficient (Wildman–Crippen LogP) is 1.60. The first-order valence-electron chi connectivity index (χ1n) is 9.76. The van der Waals surface area contributed by atoms with Gasteiger partial charge in [-0.15, -0.1) is 0 Å². The molecule has 1 saturated heterocycles. The van der Waals surface area contributed by atoms with Gasteiger partial charge in [0.25, 0.3) is 5.91 Å². The number of aromatic nitrogens is 2. The summed E-state index contributed by atoms with van der Waals surface area (Å²) in [5.74, 6) is -0.511. The molecule has 1 aromatic carbocycles. The number of ether oxygens (including phenoxy) is 1. The van der Waals surface area contributed by atoms with E-state index in [1.807, 2.05) is 0 Å². The highest BCUT2D eigenvalue weighted by Gasteiger charge is 2.39. The van der Waals surface area contributed by atoms with Crippen LogP contribution in [-0.4, -0.2) is 61.6 Å². The lowest BCUT2D eigenvalue weighted by molar-refractivity contribution is 0.0775. The van der Waals surface area contributed by atoms with Gasteiger partial charge in [-0.05, 0) is 37.1 Å². The number of primary amides is 1. The zero-order valence-corrected chi connectivity index (χ0v) is 18.6. The predicted molar refractivity (Wildman–Crippen MR) is 115 cm³/mol. The number of carbonyl (C=O) groups excluding carboxylic acids is 2. The number of nitrogens with one attached hydrogen (secondary N) is 1. The summed E-state index contributed by atoms with van der Waals surface area (Å²) in [5, 5.41) is 16.9. The molecule has 11 nitrogen and oxygen atoms in total. The minimum Gasteiger partial charge on any atom is -0.453 e. The summed E-state index contributed by atoms with van der Waals surface area (Å²) >= 11 is 0. The van der Waals surface area contributed by atoms with Crippen LogP contribution >= 0.6 is 0 Å². The summed E-state index contributed by atoms with van der Waals surface area (Å²) in [5.41, 5.74) is 5.47. The minimum absolute atomic E-state index is 0.129. The van der Waals surface area contributed by atoms with Crippen LogP contribution in [0.15, 0.2) is 35.4 Å². The maximum atomic E-state index is 12.1. The number of anilines is 2. The van der Waals surface area contributed by atoms with Gasteiger partial charge >= 0.3 is 6.09 Å². The van der Waals surface area contributed by atoms with Gasteiger partial charge in [-0.25, -0.2) is 13.2 Å². The lowest BCUT2D eigenvalue weighted by Gasteiger charge is -2.40. The van der Waals surface area contributed by atoms with Gasteiger partial charge in [0.05, 0.1) is 30.0 Å². The molecule has 0 spiro atoms. The molecule has 2 heterocycles. The first-order valence-corrected chi connectivity index (χ1v) is 11.7. The molecule has 0 saturated carbocycles. The third-order valence-corrected chi connectivity index (χ3v) is 6.67. The summed E-state index contributed by atoms with van der Waals surface area (Å²) in [6.45, 7) is 0.742. The normalized spacial score (nSPS) is 15.6. The number of methoxy groups -OCH3 is 1. The molecular weight excluding hydrogens is 436 g/mol. The largest absolute Gasteiger partial charge is 0.453 e. The van der Waals surface area contributed by atoms with Crippen molar-refractivity contribution < 1.29 is 22.7 Å². The number of rotatable bonds is 6. The van der Waals surface area contributed by atoms with E-state index in [0.717, 1.165) is 6.26 Å². The van der Waals surface area contributed by atoms with Crippen molar-refractivity contribution in [1.82, 2.24) is 14.7 Å². The molecule has 2 amide bonds. The standard InChI is InChI=1S/C20H24N6O5S/c1-31-19(28)25-11-8-20(7-10-21,9-12-25)26-13-16(17(22)27)18(24-26)23-14-3-5-15(6-4-14)32(2,29)30/h3-6,13H,7-9,11-12H2,1-2H3,(H2,22,27)(H,23,24). The van der Waals surface area contributed by atoms with Crippen LogP contribution in [0.1, 0.15) is 29.6 Å². The van der Waals surface area contributed by atoms with E-state index >= 15 is 0 Å². The van der Waals surface area contributed by atoms with Crippen molar-refractivity contribution in [3.63, 3.8) is 0 Å². The van der Waals surface area contributed by atoms with E-state index in [4.69, 9.17) is 10.5 Å². The molecule has 0 bridgehead atoms. The van der Waals surface area contributed by atoms with Gasteiger partial charge in [0.2, 0.25) is 0 Å². The Morgan fingerprint density at radius 3 is 2.41 bits per heavy atom. The Bertz CT molecular complexity index is 1160. The van der Waals surface area contributed by atoms with Crippen LogP contribution in [0, 0.1) is 11.3 Å². The second-order valence-electron chi connectivity index (χ2n) is 7.64. The molecule has 1 fully saturated rings. The number of amides is 2. The van der Waals surface area contributed by atoms with Crippen LogP contribution in [0.3, 0.4) is 0 Å². The summed E-state index contributed by atoms with van der Waals surface area (Å²) < 4.78 is 29.6. The number of sulfone groups is 1. The molecule has 2 aromatic rings. The average Bonchev–Trinajstić information content (AvgIpc) is 3.18. The van der Waals surface area contributed by atoms with Gasteiger partial charge in [0.15, 0.2) is 15.7 Å². The van der Waals surface area contributed by atoms with Crippen molar-refractivity contribution in [2.75, 3.05) is 31.8 Å². The van der Waals surface area contributed by atoms with Crippen LogP contribution in [-0.2, 0) is 20.1 Å². The van der Waals surface area contributed by atoms with E-state index in [1.165, 1.54) is 25.4 Å². The van der Waals surface area contributed by atoms with Gasteiger partial charge in [0, 0.05) is 31.2 Å². The van der Waals surface area contributed by atoms with E-state index in [1.54, 1.807) is 21.7 Å². The average molecular weight is 461 g/mol.